The molecule has 5 heteroatoms. The van der Waals surface area contributed by atoms with Gasteiger partial charge in [0.1, 0.15) is 5.82 Å². The summed E-state index contributed by atoms with van der Waals surface area (Å²) < 4.78 is 13.5. The van der Waals surface area contributed by atoms with E-state index in [-0.39, 0.29) is 17.1 Å². The summed E-state index contributed by atoms with van der Waals surface area (Å²) in [6, 6.07) is 5.07. The SMILES string of the molecule is CC(Cc1ccsc1)NC(C)c1c(Cl)ccc(F)c1Cl. The molecule has 0 saturated carbocycles. The first-order valence-electron chi connectivity index (χ1n) is 6.39. The van der Waals surface area contributed by atoms with Crippen molar-refractivity contribution in [2.75, 3.05) is 0 Å². The van der Waals surface area contributed by atoms with Gasteiger partial charge in [0.2, 0.25) is 0 Å². The Morgan fingerprint density at radius 3 is 2.65 bits per heavy atom. The van der Waals surface area contributed by atoms with E-state index >= 15 is 0 Å². The minimum atomic E-state index is -0.440. The lowest BCUT2D eigenvalue weighted by atomic mass is 10.0. The van der Waals surface area contributed by atoms with Gasteiger partial charge in [-0.05, 0) is 54.8 Å². The average Bonchev–Trinajstić information content (AvgIpc) is 2.87. The molecule has 0 aliphatic heterocycles. The van der Waals surface area contributed by atoms with Crippen molar-refractivity contribution in [3.8, 4) is 0 Å². The van der Waals surface area contributed by atoms with Gasteiger partial charge in [-0.3, -0.25) is 0 Å². The van der Waals surface area contributed by atoms with Gasteiger partial charge in [0, 0.05) is 22.7 Å². The highest BCUT2D eigenvalue weighted by Gasteiger charge is 2.18. The van der Waals surface area contributed by atoms with Crippen LogP contribution in [0.15, 0.2) is 29.0 Å². The largest absolute Gasteiger partial charge is 0.307 e. The second-order valence-electron chi connectivity index (χ2n) is 4.88. The van der Waals surface area contributed by atoms with E-state index in [2.05, 4.69) is 29.1 Å². The Morgan fingerprint density at radius 1 is 1.25 bits per heavy atom. The van der Waals surface area contributed by atoms with Crippen molar-refractivity contribution in [2.24, 2.45) is 0 Å². The molecule has 0 aliphatic carbocycles. The first kappa shape index (κ1) is 15.8. The molecule has 108 valence electrons. The van der Waals surface area contributed by atoms with E-state index < -0.39 is 5.82 Å². The number of benzene rings is 1. The minimum Gasteiger partial charge on any atom is -0.307 e. The molecule has 2 unspecified atom stereocenters. The fourth-order valence-corrected chi connectivity index (χ4v) is 3.65. The van der Waals surface area contributed by atoms with Gasteiger partial charge in [-0.25, -0.2) is 4.39 Å². The summed E-state index contributed by atoms with van der Waals surface area (Å²) in [7, 11) is 0. The molecule has 0 aliphatic rings. The number of hydrogen-bond acceptors (Lipinski definition) is 2. The summed E-state index contributed by atoms with van der Waals surface area (Å²) in [5, 5.41) is 8.19. The topological polar surface area (TPSA) is 12.0 Å². The fourth-order valence-electron chi connectivity index (χ4n) is 2.27. The van der Waals surface area contributed by atoms with Crippen LogP contribution < -0.4 is 5.32 Å². The van der Waals surface area contributed by atoms with Gasteiger partial charge in [-0.1, -0.05) is 23.2 Å². The Bertz CT molecular complexity index is 572. The molecule has 0 fully saturated rings. The van der Waals surface area contributed by atoms with Gasteiger partial charge in [0.15, 0.2) is 0 Å². The maximum Gasteiger partial charge on any atom is 0.142 e. The van der Waals surface area contributed by atoms with Gasteiger partial charge in [-0.2, -0.15) is 11.3 Å². The molecule has 0 amide bonds. The van der Waals surface area contributed by atoms with Crippen LogP contribution in [0.4, 0.5) is 4.39 Å². The van der Waals surface area contributed by atoms with Crippen LogP contribution in [0.2, 0.25) is 10.0 Å². The molecule has 20 heavy (non-hydrogen) atoms. The highest BCUT2D eigenvalue weighted by atomic mass is 35.5. The fraction of sp³-hybridized carbons (Fsp3) is 0.333. The van der Waals surface area contributed by atoms with E-state index in [1.165, 1.54) is 11.6 Å². The number of rotatable bonds is 5. The normalized spacial score (nSPS) is 14.2. The zero-order valence-electron chi connectivity index (χ0n) is 11.3. The maximum absolute atomic E-state index is 13.5. The molecule has 1 heterocycles. The van der Waals surface area contributed by atoms with Crippen LogP contribution in [0.25, 0.3) is 0 Å². The van der Waals surface area contributed by atoms with E-state index in [0.717, 1.165) is 6.42 Å². The van der Waals surface area contributed by atoms with Crippen molar-refractivity contribution in [2.45, 2.75) is 32.4 Å². The van der Waals surface area contributed by atoms with Crippen LogP contribution in [0.3, 0.4) is 0 Å². The van der Waals surface area contributed by atoms with Crippen LogP contribution >= 0.6 is 34.5 Å². The summed E-state index contributed by atoms with van der Waals surface area (Å²) in [5.41, 5.74) is 1.91. The van der Waals surface area contributed by atoms with Crippen molar-refractivity contribution in [3.05, 3.63) is 55.9 Å². The monoisotopic (exact) mass is 331 g/mol. The van der Waals surface area contributed by atoms with Gasteiger partial charge in [-0.15, -0.1) is 0 Å². The molecule has 1 aromatic carbocycles. The van der Waals surface area contributed by atoms with Crippen molar-refractivity contribution in [1.29, 1.82) is 0 Å². The molecule has 2 atom stereocenters. The Kier molecular flexibility index (Phi) is 5.44. The van der Waals surface area contributed by atoms with Crippen LogP contribution in [0.1, 0.15) is 31.0 Å². The standard InChI is InChI=1S/C15H16Cl2FNS/c1-9(7-11-5-6-20-8-11)19-10(2)14-12(16)3-4-13(18)15(14)17/h3-6,8-10,19H,7H2,1-2H3. The molecule has 0 saturated heterocycles. The zero-order valence-corrected chi connectivity index (χ0v) is 13.6. The molecule has 1 aromatic heterocycles. The van der Waals surface area contributed by atoms with Crippen LogP contribution in [-0.2, 0) is 6.42 Å². The van der Waals surface area contributed by atoms with Crippen LogP contribution in [0, 0.1) is 5.82 Å². The van der Waals surface area contributed by atoms with E-state index in [0.29, 0.717) is 10.6 Å². The Hall–Kier alpha value is -0.610. The second-order valence-corrected chi connectivity index (χ2v) is 6.45. The molecule has 0 radical (unpaired) electrons. The third-order valence-electron chi connectivity index (χ3n) is 3.17. The predicted molar refractivity (Wildman–Crippen MR) is 85.5 cm³/mol. The lowest BCUT2D eigenvalue weighted by Crippen LogP contribution is -2.31. The predicted octanol–water partition coefficient (Wildman–Crippen LogP) is 5.48. The van der Waals surface area contributed by atoms with Crippen LogP contribution in [0.5, 0.6) is 0 Å². The third kappa shape index (κ3) is 3.73. The Balaban J connectivity index is 2.08. The highest BCUT2D eigenvalue weighted by Crippen LogP contribution is 2.32. The Morgan fingerprint density at radius 2 is 2.00 bits per heavy atom. The number of nitrogens with one attached hydrogen (secondary N) is 1. The lowest BCUT2D eigenvalue weighted by Gasteiger charge is -2.22. The number of thiophene rings is 1. The van der Waals surface area contributed by atoms with Crippen molar-refractivity contribution in [3.63, 3.8) is 0 Å². The molecule has 0 spiro atoms. The van der Waals surface area contributed by atoms with E-state index in [1.54, 1.807) is 17.4 Å². The van der Waals surface area contributed by atoms with Gasteiger partial charge < -0.3 is 5.32 Å². The minimum absolute atomic E-state index is 0.0974. The molecular formula is C15H16Cl2FNS. The molecule has 1 N–H and O–H groups in total. The van der Waals surface area contributed by atoms with Gasteiger partial charge >= 0.3 is 0 Å². The third-order valence-corrected chi connectivity index (χ3v) is 4.61. The summed E-state index contributed by atoms with van der Waals surface area (Å²) in [4.78, 5) is 0. The van der Waals surface area contributed by atoms with Crippen molar-refractivity contribution >= 4 is 34.5 Å². The first-order chi connectivity index (χ1) is 9.49. The van der Waals surface area contributed by atoms with Gasteiger partial charge in [0.25, 0.3) is 0 Å². The molecular weight excluding hydrogens is 316 g/mol. The van der Waals surface area contributed by atoms with E-state index in [9.17, 15) is 4.39 Å². The van der Waals surface area contributed by atoms with Crippen molar-refractivity contribution in [1.82, 2.24) is 5.32 Å². The van der Waals surface area contributed by atoms with Gasteiger partial charge in [0.05, 0.1) is 5.02 Å². The number of hydrogen-bond donors (Lipinski definition) is 1. The highest BCUT2D eigenvalue weighted by molar-refractivity contribution is 7.07. The number of halogens is 3. The van der Waals surface area contributed by atoms with E-state index in [4.69, 9.17) is 23.2 Å². The maximum atomic E-state index is 13.5. The molecule has 2 aromatic rings. The summed E-state index contributed by atoms with van der Waals surface area (Å²) >= 11 is 13.8. The lowest BCUT2D eigenvalue weighted by molar-refractivity contribution is 0.475. The second kappa shape index (κ2) is 6.90. The molecule has 2 rings (SSSR count). The van der Waals surface area contributed by atoms with Crippen LogP contribution in [-0.4, -0.2) is 6.04 Å². The van der Waals surface area contributed by atoms with Crippen molar-refractivity contribution < 1.29 is 4.39 Å². The molecule has 0 bridgehead atoms. The summed E-state index contributed by atoms with van der Waals surface area (Å²) in [6.07, 6.45) is 0.915. The quantitative estimate of drug-likeness (QED) is 0.715. The summed E-state index contributed by atoms with van der Waals surface area (Å²) in [5.74, 6) is -0.440. The Labute approximate surface area is 132 Å². The zero-order chi connectivity index (χ0) is 14.7. The smallest absolute Gasteiger partial charge is 0.142 e. The first-order valence-corrected chi connectivity index (χ1v) is 8.09. The average molecular weight is 332 g/mol. The van der Waals surface area contributed by atoms with E-state index in [1.807, 2.05) is 6.92 Å². The molecule has 1 nitrogen and oxygen atoms in total. The summed E-state index contributed by atoms with van der Waals surface area (Å²) in [6.45, 7) is 4.03.